The molecule has 0 aromatic rings. The van der Waals surface area contributed by atoms with Gasteiger partial charge in [0.25, 0.3) is 0 Å². The van der Waals surface area contributed by atoms with Crippen LogP contribution in [0.2, 0.25) is 0 Å². The van der Waals surface area contributed by atoms with Crippen molar-refractivity contribution < 1.29 is 28.5 Å². The zero-order valence-electron chi connectivity index (χ0n) is 22.7. The van der Waals surface area contributed by atoms with E-state index in [4.69, 9.17) is 18.9 Å². The molecule has 5 rings (SSSR count). The number of hydrogen-bond acceptors (Lipinski definition) is 6. The third-order valence-corrected chi connectivity index (χ3v) is 10.4. The minimum absolute atomic E-state index is 0.0528. The number of ether oxygens (including phenoxy) is 4. The minimum atomic E-state index is -0.291. The van der Waals surface area contributed by atoms with Gasteiger partial charge >= 0.3 is 11.9 Å². The quantitative estimate of drug-likeness (QED) is 0.438. The zero-order valence-corrected chi connectivity index (χ0v) is 22.7. The van der Waals surface area contributed by atoms with Crippen LogP contribution in [0.3, 0.4) is 0 Å². The van der Waals surface area contributed by atoms with Gasteiger partial charge in [-0.2, -0.15) is 0 Å². The Morgan fingerprint density at radius 3 is 2.47 bits per heavy atom. The first kappa shape index (κ1) is 26.0. The highest BCUT2D eigenvalue weighted by Crippen LogP contribution is 2.66. The highest BCUT2D eigenvalue weighted by molar-refractivity contribution is 5.67. The molecule has 0 amide bonds. The summed E-state index contributed by atoms with van der Waals surface area (Å²) in [5, 5.41) is 0. The van der Waals surface area contributed by atoms with Crippen LogP contribution in [0, 0.1) is 28.6 Å². The summed E-state index contributed by atoms with van der Waals surface area (Å²) in [5.74, 6) is 0.820. The molecule has 9 atom stereocenters. The molecule has 1 saturated heterocycles. The first-order chi connectivity index (χ1) is 17.1. The van der Waals surface area contributed by atoms with E-state index in [2.05, 4.69) is 32.9 Å². The molecule has 3 saturated carbocycles. The van der Waals surface area contributed by atoms with Crippen LogP contribution in [0.1, 0.15) is 92.4 Å². The highest BCUT2D eigenvalue weighted by atomic mass is 16.7. The molecular weight excluding hydrogens is 456 g/mol. The van der Waals surface area contributed by atoms with Gasteiger partial charge in [0.05, 0.1) is 6.10 Å². The second kappa shape index (κ2) is 9.90. The van der Waals surface area contributed by atoms with Crippen molar-refractivity contribution in [3.05, 3.63) is 23.3 Å². The summed E-state index contributed by atoms with van der Waals surface area (Å²) >= 11 is 0. The third-order valence-electron chi connectivity index (χ3n) is 10.4. The van der Waals surface area contributed by atoms with Gasteiger partial charge < -0.3 is 18.9 Å². The fourth-order valence-corrected chi connectivity index (χ4v) is 8.66. The monoisotopic (exact) mass is 500 g/mol. The lowest BCUT2D eigenvalue weighted by molar-refractivity contribution is -0.202. The Hall–Kier alpha value is -1.66. The fraction of sp³-hybridized carbons (Fsp3) is 0.800. The molecule has 6 nitrogen and oxygen atoms in total. The zero-order chi connectivity index (χ0) is 25.7. The molecule has 200 valence electrons. The number of fused-ring (bicyclic) bond motifs is 5. The lowest BCUT2D eigenvalue weighted by atomic mass is 9.49. The van der Waals surface area contributed by atoms with E-state index in [-0.39, 0.29) is 47.4 Å². The molecule has 36 heavy (non-hydrogen) atoms. The van der Waals surface area contributed by atoms with Crippen molar-refractivity contribution in [1.29, 1.82) is 0 Å². The molecule has 5 aliphatic rings. The summed E-state index contributed by atoms with van der Waals surface area (Å²) in [6.45, 7) is 10.8. The topological polar surface area (TPSA) is 71.1 Å². The van der Waals surface area contributed by atoms with Gasteiger partial charge in [-0.1, -0.05) is 37.1 Å². The first-order valence-corrected chi connectivity index (χ1v) is 14.2. The maximum absolute atomic E-state index is 12.1. The van der Waals surface area contributed by atoms with E-state index in [0.717, 1.165) is 32.3 Å². The Balaban J connectivity index is 1.40. The van der Waals surface area contributed by atoms with Crippen molar-refractivity contribution in [2.75, 3.05) is 6.61 Å². The number of rotatable bonds is 5. The van der Waals surface area contributed by atoms with E-state index in [1.54, 1.807) is 0 Å². The van der Waals surface area contributed by atoms with Crippen molar-refractivity contribution in [2.24, 2.45) is 28.6 Å². The van der Waals surface area contributed by atoms with Crippen molar-refractivity contribution in [2.45, 2.75) is 117 Å². The first-order valence-electron chi connectivity index (χ1n) is 14.2. The van der Waals surface area contributed by atoms with Gasteiger partial charge in [-0.05, 0) is 75.0 Å². The van der Waals surface area contributed by atoms with Crippen LogP contribution in [0.25, 0.3) is 0 Å². The fourth-order valence-electron chi connectivity index (χ4n) is 8.66. The summed E-state index contributed by atoms with van der Waals surface area (Å²) in [4.78, 5) is 23.8. The Kier molecular flexibility index (Phi) is 7.14. The van der Waals surface area contributed by atoms with E-state index in [1.807, 2.05) is 0 Å². The van der Waals surface area contributed by atoms with Crippen LogP contribution < -0.4 is 0 Å². The standard InChI is InChI=1S/C30H44O6/c1-18(34-28-8-6-7-15-33-28)24-11-12-25-23-10-9-21-16-22(35-19(2)31)17-27(36-20(3)32)30(21,5)26(23)13-14-29(24,25)4/h9-10,18,22,24-28H,6-8,11-17H2,1-5H3/t18-,22+,24+,25-,26-,27-,28?,29+,30-/m0/s1. The van der Waals surface area contributed by atoms with E-state index in [0.29, 0.717) is 30.6 Å². The van der Waals surface area contributed by atoms with Gasteiger partial charge in [0.15, 0.2) is 6.29 Å². The van der Waals surface area contributed by atoms with E-state index >= 15 is 0 Å². The normalized spacial score (nSPS) is 42.7. The van der Waals surface area contributed by atoms with Crippen molar-refractivity contribution in [3.8, 4) is 0 Å². The Morgan fingerprint density at radius 2 is 1.78 bits per heavy atom. The maximum Gasteiger partial charge on any atom is 0.302 e. The largest absolute Gasteiger partial charge is 0.462 e. The van der Waals surface area contributed by atoms with Gasteiger partial charge in [-0.3, -0.25) is 9.59 Å². The number of carbonyl (C=O) groups excluding carboxylic acids is 2. The molecule has 0 bridgehead atoms. The average molecular weight is 501 g/mol. The lowest BCUT2D eigenvalue weighted by Gasteiger charge is -2.57. The third kappa shape index (κ3) is 4.47. The van der Waals surface area contributed by atoms with Crippen LogP contribution in [-0.2, 0) is 28.5 Å². The van der Waals surface area contributed by atoms with Crippen molar-refractivity contribution in [3.63, 3.8) is 0 Å². The molecular formula is C30H44O6. The van der Waals surface area contributed by atoms with Crippen LogP contribution >= 0.6 is 0 Å². The highest BCUT2D eigenvalue weighted by Gasteiger charge is 2.60. The molecule has 1 unspecified atom stereocenters. The molecule has 6 heteroatoms. The molecule has 0 spiro atoms. The van der Waals surface area contributed by atoms with E-state index < -0.39 is 0 Å². The van der Waals surface area contributed by atoms with Crippen molar-refractivity contribution >= 4 is 11.9 Å². The minimum Gasteiger partial charge on any atom is -0.462 e. The molecule has 4 aliphatic carbocycles. The van der Waals surface area contributed by atoms with Gasteiger partial charge in [-0.25, -0.2) is 0 Å². The lowest BCUT2D eigenvalue weighted by Crippen LogP contribution is -2.54. The van der Waals surface area contributed by atoms with Crippen LogP contribution in [0.5, 0.6) is 0 Å². The van der Waals surface area contributed by atoms with Crippen molar-refractivity contribution in [1.82, 2.24) is 0 Å². The predicted octanol–water partition coefficient (Wildman–Crippen LogP) is 5.89. The van der Waals surface area contributed by atoms with Crippen LogP contribution in [0.15, 0.2) is 23.3 Å². The number of esters is 2. The van der Waals surface area contributed by atoms with Gasteiger partial charge in [0.2, 0.25) is 0 Å². The van der Waals surface area contributed by atoms with Gasteiger partial charge in [0, 0.05) is 38.7 Å². The molecule has 4 fully saturated rings. The second-order valence-corrected chi connectivity index (χ2v) is 12.4. The Labute approximate surface area is 216 Å². The summed E-state index contributed by atoms with van der Waals surface area (Å²) in [6.07, 6.45) is 13.4. The Morgan fingerprint density at radius 1 is 1.00 bits per heavy atom. The van der Waals surface area contributed by atoms with Gasteiger partial charge in [-0.15, -0.1) is 0 Å². The molecule has 0 N–H and O–H groups in total. The molecule has 1 aliphatic heterocycles. The van der Waals surface area contributed by atoms with Crippen LogP contribution in [-0.4, -0.2) is 43.1 Å². The van der Waals surface area contributed by atoms with E-state index in [9.17, 15) is 9.59 Å². The number of carbonyl (C=O) groups is 2. The molecule has 1 heterocycles. The summed E-state index contributed by atoms with van der Waals surface area (Å²) in [7, 11) is 0. The molecule has 0 radical (unpaired) electrons. The summed E-state index contributed by atoms with van der Waals surface area (Å²) in [5.41, 5.74) is 2.72. The predicted molar refractivity (Wildman–Crippen MR) is 136 cm³/mol. The summed E-state index contributed by atoms with van der Waals surface area (Å²) in [6, 6.07) is 0. The smallest absolute Gasteiger partial charge is 0.302 e. The Bertz CT molecular complexity index is 932. The molecule has 0 aromatic carbocycles. The molecule has 0 aromatic heterocycles. The summed E-state index contributed by atoms with van der Waals surface area (Å²) < 4.78 is 24.0. The van der Waals surface area contributed by atoms with E-state index in [1.165, 1.54) is 44.3 Å². The van der Waals surface area contributed by atoms with Crippen LogP contribution in [0.4, 0.5) is 0 Å². The average Bonchev–Trinajstić information content (AvgIpc) is 3.17. The SMILES string of the molecule is CC(=O)O[C@@H]1CC2=CC=C3[C@@H]4CC[C@H]([C@H](C)OC5CCCCO5)[C@@]4(C)CC[C@@H]3[C@@]2(C)[C@@H](OC(C)=O)C1. The number of allylic oxidation sites excluding steroid dienone is 3. The maximum atomic E-state index is 12.1. The van der Waals surface area contributed by atoms with Gasteiger partial charge in [0.1, 0.15) is 12.2 Å². The number of hydrogen-bond donors (Lipinski definition) is 0. The second-order valence-electron chi connectivity index (χ2n) is 12.4.